The highest BCUT2D eigenvalue weighted by molar-refractivity contribution is 5.96. The monoisotopic (exact) mass is 251 g/mol. The fraction of sp³-hybridized carbons (Fsp3) is 0.692. The summed E-state index contributed by atoms with van der Waals surface area (Å²) < 4.78 is 5.05. The quantitative estimate of drug-likeness (QED) is 0.864. The van der Waals surface area contributed by atoms with Crippen LogP contribution in [0.2, 0.25) is 0 Å². The molecule has 0 aliphatic carbocycles. The first-order valence-electron chi connectivity index (χ1n) is 6.48. The van der Waals surface area contributed by atoms with Crippen LogP contribution in [0.3, 0.4) is 0 Å². The number of carbonyl (C=O) groups is 1. The summed E-state index contributed by atoms with van der Waals surface area (Å²) in [5.74, 6) is 1.17. The molecule has 2 N–H and O–H groups in total. The predicted octanol–water partition coefficient (Wildman–Crippen LogP) is 1.49. The zero-order valence-corrected chi connectivity index (χ0v) is 11.3. The first-order valence-corrected chi connectivity index (χ1v) is 6.48. The molecule has 0 aromatic carbocycles. The molecule has 2 rings (SSSR count). The Morgan fingerprint density at radius 2 is 2.06 bits per heavy atom. The van der Waals surface area contributed by atoms with Crippen molar-refractivity contribution in [3.05, 3.63) is 17.0 Å². The Hall–Kier alpha value is -1.36. The molecule has 1 amide bonds. The van der Waals surface area contributed by atoms with E-state index in [0.29, 0.717) is 22.9 Å². The van der Waals surface area contributed by atoms with Crippen molar-refractivity contribution in [1.82, 2.24) is 10.1 Å². The second kappa shape index (κ2) is 5.10. The molecule has 1 aliphatic rings. The molecule has 5 nitrogen and oxygen atoms in total. The molecular formula is C13H21N3O2. The summed E-state index contributed by atoms with van der Waals surface area (Å²) >= 11 is 0. The van der Waals surface area contributed by atoms with Crippen LogP contribution in [0, 0.1) is 19.8 Å². The Kier molecular flexibility index (Phi) is 3.71. The van der Waals surface area contributed by atoms with Gasteiger partial charge in [-0.2, -0.15) is 0 Å². The molecule has 1 atom stereocenters. The van der Waals surface area contributed by atoms with E-state index in [9.17, 15) is 4.79 Å². The van der Waals surface area contributed by atoms with E-state index in [1.807, 2.05) is 11.8 Å². The first kappa shape index (κ1) is 13.1. The van der Waals surface area contributed by atoms with Crippen molar-refractivity contribution in [2.45, 2.75) is 39.7 Å². The van der Waals surface area contributed by atoms with Crippen LogP contribution in [0.1, 0.15) is 41.6 Å². The van der Waals surface area contributed by atoms with Crippen LogP contribution in [0.25, 0.3) is 0 Å². The molecule has 1 aromatic heterocycles. The van der Waals surface area contributed by atoms with Gasteiger partial charge in [-0.1, -0.05) is 5.16 Å². The summed E-state index contributed by atoms with van der Waals surface area (Å²) in [7, 11) is 0. The summed E-state index contributed by atoms with van der Waals surface area (Å²) in [4.78, 5) is 14.3. The average molecular weight is 251 g/mol. The number of carbonyl (C=O) groups excluding carboxylic acids is 1. The highest BCUT2D eigenvalue weighted by Crippen LogP contribution is 2.23. The van der Waals surface area contributed by atoms with Crippen LogP contribution < -0.4 is 5.73 Å². The Morgan fingerprint density at radius 3 is 2.50 bits per heavy atom. The standard InChI is InChI=1S/C13H21N3O2/c1-8(14)11-4-6-16(7-5-11)13(17)12-9(2)15-18-10(12)3/h8,11H,4-7,14H2,1-3H3. The minimum atomic E-state index is 0.0365. The summed E-state index contributed by atoms with van der Waals surface area (Å²) in [6.07, 6.45) is 1.96. The zero-order chi connectivity index (χ0) is 13.3. The second-order valence-electron chi connectivity index (χ2n) is 5.19. The molecule has 1 aromatic rings. The fourth-order valence-electron chi connectivity index (χ4n) is 2.57. The normalized spacial score (nSPS) is 19.0. The molecule has 0 spiro atoms. The van der Waals surface area contributed by atoms with Crippen molar-refractivity contribution in [3.63, 3.8) is 0 Å². The van der Waals surface area contributed by atoms with E-state index in [-0.39, 0.29) is 11.9 Å². The fourth-order valence-corrected chi connectivity index (χ4v) is 2.57. The number of amides is 1. The van der Waals surface area contributed by atoms with Gasteiger partial charge in [0.2, 0.25) is 0 Å². The van der Waals surface area contributed by atoms with E-state index in [4.69, 9.17) is 10.3 Å². The lowest BCUT2D eigenvalue weighted by Crippen LogP contribution is -2.42. The van der Waals surface area contributed by atoms with Crippen molar-refractivity contribution in [3.8, 4) is 0 Å². The highest BCUT2D eigenvalue weighted by atomic mass is 16.5. The lowest BCUT2D eigenvalue weighted by atomic mass is 9.90. The number of aromatic nitrogens is 1. The molecule has 0 radical (unpaired) electrons. The number of aryl methyl sites for hydroxylation is 2. The van der Waals surface area contributed by atoms with Gasteiger partial charge in [0.1, 0.15) is 11.3 Å². The molecule has 5 heteroatoms. The number of nitrogens with zero attached hydrogens (tertiary/aromatic N) is 2. The SMILES string of the molecule is Cc1noc(C)c1C(=O)N1CCC(C(C)N)CC1. The molecule has 100 valence electrons. The third kappa shape index (κ3) is 2.41. The van der Waals surface area contributed by atoms with E-state index in [2.05, 4.69) is 5.16 Å². The van der Waals surface area contributed by atoms with E-state index >= 15 is 0 Å². The summed E-state index contributed by atoms with van der Waals surface area (Å²) in [5, 5.41) is 3.83. The van der Waals surface area contributed by atoms with Crippen molar-refractivity contribution in [2.75, 3.05) is 13.1 Å². The predicted molar refractivity (Wildman–Crippen MR) is 68.3 cm³/mol. The zero-order valence-electron chi connectivity index (χ0n) is 11.3. The topological polar surface area (TPSA) is 72.4 Å². The minimum Gasteiger partial charge on any atom is -0.361 e. The van der Waals surface area contributed by atoms with E-state index < -0.39 is 0 Å². The minimum absolute atomic E-state index is 0.0365. The van der Waals surface area contributed by atoms with Gasteiger partial charge in [0.15, 0.2) is 0 Å². The number of hydrogen-bond acceptors (Lipinski definition) is 4. The Morgan fingerprint density at radius 1 is 1.44 bits per heavy atom. The third-order valence-electron chi connectivity index (χ3n) is 3.82. The van der Waals surface area contributed by atoms with Gasteiger partial charge in [-0.05, 0) is 39.5 Å². The number of likely N-dealkylation sites (tertiary alicyclic amines) is 1. The van der Waals surface area contributed by atoms with Gasteiger partial charge >= 0.3 is 0 Å². The maximum absolute atomic E-state index is 12.4. The van der Waals surface area contributed by atoms with Gasteiger partial charge < -0.3 is 15.2 Å². The van der Waals surface area contributed by atoms with Gasteiger partial charge in [0.05, 0.1) is 5.69 Å². The highest BCUT2D eigenvalue weighted by Gasteiger charge is 2.28. The van der Waals surface area contributed by atoms with Gasteiger partial charge in [0.25, 0.3) is 5.91 Å². The smallest absolute Gasteiger partial charge is 0.259 e. The Bertz CT molecular complexity index is 412. The summed E-state index contributed by atoms with van der Waals surface area (Å²) in [6, 6.07) is 0.210. The van der Waals surface area contributed by atoms with Crippen molar-refractivity contribution >= 4 is 5.91 Å². The molecule has 0 saturated carbocycles. The number of rotatable bonds is 2. The molecule has 1 saturated heterocycles. The molecular weight excluding hydrogens is 230 g/mol. The van der Waals surface area contributed by atoms with Crippen LogP contribution >= 0.6 is 0 Å². The maximum Gasteiger partial charge on any atom is 0.259 e. The Balaban J connectivity index is 2.04. The molecule has 18 heavy (non-hydrogen) atoms. The number of nitrogens with two attached hydrogens (primary N) is 1. The van der Waals surface area contributed by atoms with Crippen LogP contribution in [0.5, 0.6) is 0 Å². The van der Waals surface area contributed by atoms with E-state index in [0.717, 1.165) is 25.9 Å². The lowest BCUT2D eigenvalue weighted by Gasteiger charge is -2.33. The average Bonchev–Trinajstić information content (AvgIpc) is 2.68. The molecule has 1 aliphatic heterocycles. The number of piperidine rings is 1. The van der Waals surface area contributed by atoms with Crippen molar-refractivity contribution in [2.24, 2.45) is 11.7 Å². The van der Waals surface area contributed by atoms with Crippen molar-refractivity contribution in [1.29, 1.82) is 0 Å². The molecule has 1 fully saturated rings. The molecule has 2 heterocycles. The summed E-state index contributed by atoms with van der Waals surface area (Å²) in [5.41, 5.74) is 7.20. The number of hydrogen-bond donors (Lipinski definition) is 1. The first-order chi connectivity index (χ1) is 8.50. The largest absolute Gasteiger partial charge is 0.361 e. The van der Waals surface area contributed by atoms with Gasteiger partial charge in [-0.25, -0.2) is 0 Å². The summed E-state index contributed by atoms with van der Waals surface area (Å²) in [6.45, 7) is 7.17. The van der Waals surface area contributed by atoms with Crippen LogP contribution in [-0.2, 0) is 0 Å². The van der Waals surface area contributed by atoms with Crippen molar-refractivity contribution < 1.29 is 9.32 Å². The van der Waals surface area contributed by atoms with Crippen LogP contribution in [0.4, 0.5) is 0 Å². The van der Waals surface area contributed by atoms with Crippen LogP contribution in [-0.4, -0.2) is 35.1 Å². The second-order valence-corrected chi connectivity index (χ2v) is 5.19. The molecule has 0 bridgehead atoms. The lowest BCUT2D eigenvalue weighted by molar-refractivity contribution is 0.0678. The van der Waals surface area contributed by atoms with Gasteiger partial charge in [-0.15, -0.1) is 0 Å². The van der Waals surface area contributed by atoms with Crippen LogP contribution in [0.15, 0.2) is 4.52 Å². The molecule has 1 unspecified atom stereocenters. The van der Waals surface area contributed by atoms with Gasteiger partial charge in [0, 0.05) is 19.1 Å². The van der Waals surface area contributed by atoms with E-state index in [1.165, 1.54) is 0 Å². The Labute approximate surface area is 107 Å². The van der Waals surface area contributed by atoms with Gasteiger partial charge in [-0.3, -0.25) is 4.79 Å². The van der Waals surface area contributed by atoms with E-state index in [1.54, 1.807) is 13.8 Å². The maximum atomic E-state index is 12.4. The third-order valence-corrected chi connectivity index (χ3v) is 3.82.